The Hall–Kier alpha value is -2.58. The van der Waals surface area contributed by atoms with Crippen molar-refractivity contribution >= 4 is 22.8 Å². The number of amides is 1. The second kappa shape index (κ2) is 8.20. The van der Waals surface area contributed by atoms with Gasteiger partial charge in [-0.3, -0.25) is 9.69 Å². The third-order valence-corrected chi connectivity index (χ3v) is 4.23. The first-order valence-corrected chi connectivity index (χ1v) is 8.35. The lowest BCUT2D eigenvalue weighted by Gasteiger charge is -2.26. The number of esters is 1. The lowest BCUT2D eigenvalue weighted by Crippen LogP contribution is -2.41. The average Bonchev–Trinajstić information content (AvgIpc) is 2.67. The number of rotatable bonds is 5. The van der Waals surface area contributed by atoms with Crippen molar-refractivity contribution in [3.05, 3.63) is 41.3 Å². The van der Waals surface area contributed by atoms with Crippen LogP contribution in [0.25, 0.3) is 10.9 Å². The molecule has 0 aliphatic carbocycles. The summed E-state index contributed by atoms with van der Waals surface area (Å²) in [6, 6.07) is 5.24. The van der Waals surface area contributed by atoms with Gasteiger partial charge in [0.15, 0.2) is 0 Å². The Kier molecular flexibility index (Phi) is 5.75. The number of aromatic nitrogens is 1. The van der Waals surface area contributed by atoms with Gasteiger partial charge in [0.05, 0.1) is 31.4 Å². The highest BCUT2D eigenvalue weighted by atomic mass is 19.1. The number of hydrogen-bond acceptors (Lipinski definition) is 6. The lowest BCUT2D eigenvalue weighted by atomic mass is 10.1. The molecular formula is C18H20FN3O4. The minimum absolute atomic E-state index is 0.0467. The molecule has 1 saturated heterocycles. The molecule has 3 rings (SSSR count). The fourth-order valence-corrected chi connectivity index (χ4v) is 2.84. The van der Waals surface area contributed by atoms with Crippen LogP contribution in [0.3, 0.4) is 0 Å². The monoisotopic (exact) mass is 361 g/mol. The van der Waals surface area contributed by atoms with Crippen molar-refractivity contribution in [3.63, 3.8) is 0 Å². The second-order valence-corrected chi connectivity index (χ2v) is 5.92. The van der Waals surface area contributed by atoms with Crippen molar-refractivity contribution in [2.24, 2.45) is 0 Å². The summed E-state index contributed by atoms with van der Waals surface area (Å²) in [5, 5.41) is 3.21. The Balaban J connectivity index is 1.77. The molecule has 1 aliphatic rings. The van der Waals surface area contributed by atoms with Crippen LogP contribution in [0.1, 0.15) is 20.8 Å². The van der Waals surface area contributed by atoms with E-state index >= 15 is 0 Å². The number of nitrogens with one attached hydrogen (secondary N) is 1. The summed E-state index contributed by atoms with van der Waals surface area (Å²) in [5.41, 5.74) is 0.451. The fourth-order valence-electron chi connectivity index (χ4n) is 2.84. The first kappa shape index (κ1) is 18.2. The Morgan fingerprint density at radius 2 is 2.08 bits per heavy atom. The standard InChI is InChI=1S/C18H20FN3O4/c1-25-18(24)14-11-16(21-15-10-12(19)2-3-13(14)15)17(23)20-4-5-22-6-8-26-9-7-22/h2-3,10-11H,4-9H2,1H3,(H,20,23). The molecule has 2 heterocycles. The first-order chi connectivity index (χ1) is 12.6. The molecule has 1 aromatic carbocycles. The molecule has 1 fully saturated rings. The van der Waals surface area contributed by atoms with Crippen LogP contribution in [-0.4, -0.2) is 68.3 Å². The third kappa shape index (κ3) is 4.14. The van der Waals surface area contributed by atoms with Gasteiger partial charge < -0.3 is 14.8 Å². The normalized spacial score (nSPS) is 15.0. The molecule has 1 aliphatic heterocycles. The van der Waals surface area contributed by atoms with Gasteiger partial charge in [-0.2, -0.15) is 0 Å². The Morgan fingerprint density at radius 1 is 1.31 bits per heavy atom. The Morgan fingerprint density at radius 3 is 2.81 bits per heavy atom. The number of ether oxygens (including phenoxy) is 2. The summed E-state index contributed by atoms with van der Waals surface area (Å²) in [7, 11) is 1.25. The summed E-state index contributed by atoms with van der Waals surface area (Å²) in [6.07, 6.45) is 0. The molecular weight excluding hydrogens is 341 g/mol. The zero-order valence-corrected chi connectivity index (χ0v) is 14.5. The quantitative estimate of drug-likeness (QED) is 0.807. The van der Waals surface area contributed by atoms with E-state index in [0.717, 1.165) is 13.1 Å². The predicted molar refractivity (Wildman–Crippen MR) is 92.6 cm³/mol. The van der Waals surface area contributed by atoms with E-state index in [1.165, 1.54) is 31.4 Å². The molecule has 7 nitrogen and oxygen atoms in total. The van der Waals surface area contributed by atoms with Crippen LogP contribution in [0.5, 0.6) is 0 Å². The van der Waals surface area contributed by atoms with Crippen molar-refractivity contribution < 1.29 is 23.5 Å². The SMILES string of the molecule is COC(=O)c1cc(C(=O)NCCN2CCOCC2)nc2cc(F)ccc12. The fraction of sp³-hybridized carbons (Fsp3) is 0.389. The van der Waals surface area contributed by atoms with Crippen LogP contribution in [0.15, 0.2) is 24.3 Å². The van der Waals surface area contributed by atoms with Gasteiger partial charge in [-0.1, -0.05) is 0 Å². The summed E-state index contributed by atoms with van der Waals surface area (Å²) in [6.45, 7) is 4.17. The summed E-state index contributed by atoms with van der Waals surface area (Å²) >= 11 is 0. The molecule has 2 aromatic rings. The molecule has 0 spiro atoms. The molecule has 26 heavy (non-hydrogen) atoms. The number of carbonyl (C=O) groups excluding carboxylic acids is 2. The van der Waals surface area contributed by atoms with Gasteiger partial charge in [0.25, 0.3) is 5.91 Å². The number of halogens is 1. The molecule has 0 atom stereocenters. The van der Waals surface area contributed by atoms with E-state index in [2.05, 4.69) is 15.2 Å². The zero-order valence-electron chi connectivity index (χ0n) is 14.5. The number of carbonyl (C=O) groups is 2. The third-order valence-electron chi connectivity index (χ3n) is 4.23. The minimum Gasteiger partial charge on any atom is -0.465 e. The molecule has 0 unspecified atom stereocenters. The van der Waals surface area contributed by atoms with Crippen molar-refractivity contribution in [3.8, 4) is 0 Å². The maximum absolute atomic E-state index is 13.5. The largest absolute Gasteiger partial charge is 0.465 e. The molecule has 8 heteroatoms. The average molecular weight is 361 g/mol. The van der Waals surface area contributed by atoms with Crippen molar-refractivity contribution in [1.82, 2.24) is 15.2 Å². The molecule has 0 radical (unpaired) electrons. The van der Waals surface area contributed by atoms with Gasteiger partial charge in [0, 0.05) is 37.6 Å². The topological polar surface area (TPSA) is 80.8 Å². The maximum Gasteiger partial charge on any atom is 0.338 e. The molecule has 1 amide bonds. The molecule has 138 valence electrons. The highest BCUT2D eigenvalue weighted by molar-refractivity contribution is 6.06. The van der Waals surface area contributed by atoms with Crippen LogP contribution in [0.4, 0.5) is 4.39 Å². The van der Waals surface area contributed by atoms with Crippen LogP contribution in [0.2, 0.25) is 0 Å². The van der Waals surface area contributed by atoms with E-state index in [4.69, 9.17) is 9.47 Å². The molecule has 1 aromatic heterocycles. The van der Waals surface area contributed by atoms with E-state index in [9.17, 15) is 14.0 Å². The Labute approximate surface area is 150 Å². The smallest absolute Gasteiger partial charge is 0.338 e. The molecule has 1 N–H and O–H groups in total. The number of morpholine rings is 1. The summed E-state index contributed by atoms with van der Waals surface area (Å²) in [4.78, 5) is 30.8. The van der Waals surface area contributed by atoms with Crippen LogP contribution >= 0.6 is 0 Å². The van der Waals surface area contributed by atoms with Crippen molar-refractivity contribution in [2.45, 2.75) is 0 Å². The number of methoxy groups -OCH3 is 1. The van der Waals surface area contributed by atoms with E-state index in [1.54, 1.807) is 0 Å². The zero-order chi connectivity index (χ0) is 18.5. The lowest BCUT2D eigenvalue weighted by molar-refractivity contribution is 0.0383. The molecule has 0 bridgehead atoms. The van der Waals surface area contributed by atoms with Crippen molar-refractivity contribution in [1.29, 1.82) is 0 Å². The maximum atomic E-state index is 13.5. The second-order valence-electron chi connectivity index (χ2n) is 5.92. The van der Waals surface area contributed by atoms with Gasteiger partial charge in [0.1, 0.15) is 11.5 Å². The first-order valence-electron chi connectivity index (χ1n) is 8.35. The van der Waals surface area contributed by atoms with Gasteiger partial charge in [-0.25, -0.2) is 14.2 Å². The van der Waals surface area contributed by atoms with Gasteiger partial charge in [0.2, 0.25) is 0 Å². The predicted octanol–water partition coefficient (Wildman–Crippen LogP) is 1.22. The van der Waals surface area contributed by atoms with Gasteiger partial charge >= 0.3 is 5.97 Å². The van der Waals surface area contributed by atoms with Crippen molar-refractivity contribution in [2.75, 3.05) is 46.5 Å². The van der Waals surface area contributed by atoms with E-state index in [1.807, 2.05) is 0 Å². The number of hydrogen-bond donors (Lipinski definition) is 1. The van der Waals surface area contributed by atoms with E-state index in [0.29, 0.717) is 31.7 Å². The van der Waals surface area contributed by atoms with E-state index < -0.39 is 17.7 Å². The van der Waals surface area contributed by atoms with Crippen LogP contribution < -0.4 is 5.32 Å². The van der Waals surface area contributed by atoms with E-state index in [-0.39, 0.29) is 16.8 Å². The van der Waals surface area contributed by atoms with Crippen LogP contribution in [0, 0.1) is 5.82 Å². The number of pyridine rings is 1. The summed E-state index contributed by atoms with van der Waals surface area (Å²) in [5.74, 6) is -1.52. The van der Waals surface area contributed by atoms with Crippen LogP contribution in [-0.2, 0) is 9.47 Å². The summed E-state index contributed by atoms with van der Waals surface area (Å²) < 4.78 is 23.6. The highest BCUT2D eigenvalue weighted by Gasteiger charge is 2.18. The highest BCUT2D eigenvalue weighted by Crippen LogP contribution is 2.20. The number of benzene rings is 1. The number of nitrogens with zero attached hydrogens (tertiary/aromatic N) is 2. The Bertz CT molecular complexity index is 821. The minimum atomic E-state index is -0.605. The van der Waals surface area contributed by atoms with Gasteiger partial charge in [-0.05, 0) is 18.2 Å². The molecule has 0 saturated carbocycles. The van der Waals surface area contributed by atoms with Gasteiger partial charge in [-0.15, -0.1) is 0 Å². The number of fused-ring (bicyclic) bond motifs is 1.